The summed E-state index contributed by atoms with van der Waals surface area (Å²) in [6.07, 6.45) is 1.90. The first-order valence-corrected chi connectivity index (χ1v) is 27.7. The Morgan fingerprint density at radius 2 is 1.06 bits per heavy atom. The minimum Gasteiger partial charge on any atom is -0.457 e. The molecule has 2 aromatic heterocycles. The van der Waals surface area contributed by atoms with E-state index in [-0.39, 0.29) is 28.1 Å². The first-order valence-electron chi connectivity index (χ1n) is 27.7. The molecule has 79 heavy (non-hydrogen) atoms. The van der Waals surface area contributed by atoms with Crippen LogP contribution in [0.2, 0.25) is 0 Å². The molecule has 0 aliphatic carbocycles. The summed E-state index contributed by atoms with van der Waals surface area (Å²) in [7, 11) is 0. The van der Waals surface area contributed by atoms with Gasteiger partial charge >= 0.3 is 6.01 Å². The second-order valence-electron chi connectivity index (χ2n) is 25.1. The van der Waals surface area contributed by atoms with Gasteiger partial charge in [0.25, 0.3) is 11.4 Å². The number of hydrogen-bond acceptors (Lipinski definition) is 2. The van der Waals surface area contributed by atoms with Crippen LogP contribution in [0.3, 0.4) is 0 Å². The lowest BCUT2D eigenvalue weighted by atomic mass is 9.81. The van der Waals surface area contributed by atoms with Crippen LogP contribution in [-0.2, 0) is 16.2 Å². The predicted molar refractivity (Wildman–Crippen MR) is 326 cm³/mol. The Morgan fingerprint density at radius 3 is 1.71 bits per heavy atom. The van der Waals surface area contributed by atoms with Crippen LogP contribution >= 0.6 is 0 Å². The van der Waals surface area contributed by atoms with Gasteiger partial charge in [-0.15, -0.1) is 0 Å². The highest BCUT2D eigenvalue weighted by Gasteiger charge is 2.41. The van der Waals surface area contributed by atoms with Gasteiger partial charge in [-0.1, -0.05) is 163 Å². The number of rotatable bonds is 10. The van der Waals surface area contributed by atoms with Crippen molar-refractivity contribution < 1.29 is 13.5 Å². The maximum Gasteiger partial charge on any atom is 0.503 e. The van der Waals surface area contributed by atoms with E-state index in [2.05, 4.69) is 249 Å². The number of halogens is 2. The third kappa shape index (κ3) is 10.1. The molecule has 0 saturated heterocycles. The Morgan fingerprint density at radius 1 is 0.481 bits per heavy atom. The summed E-state index contributed by atoms with van der Waals surface area (Å²) in [5, 5.41) is 2.23. The minimum absolute atomic E-state index is 0.0695. The van der Waals surface area contributed by atoms with Crippen molar-refractivity contribution in [2.45, 2.75) is 118 Å². The van der Waals surface area contributed by atoms with E-state index in [1.807, 2.05) is 18.3 Å². The zero-order chi connectivity index (χ0) is 55.9. The fourth-order valence-corrected chi connectivity index (χ4v) is 11.1. The zero-order valence-corrected chi connectivity index (χ0v) is 47.9. The first kappa shape index (κ1) is 52.8. The fraction of sp³-hybridized carbons (Fsp3) is 0.250. The van der Waals surface area contributed by atoms with Gasteiger partial charge in [-0.05, 0) is 148 Å². The van der Waals surface area contributed by atoms with Gasteiger partial charge in [-0.3, -0.25) is 4.57 Å². The van der Waals surface area contributed by atoms with Crippen LogP contribution in [0, 0.1) is 11.6 Å². The topological polar surface area (TPSA) is 33.1 Å². The quantitative estimate of drug-likeness (QED) is 0.128. The number of ether oxygens (including phenoxy) is 1. The smallest absolute Gasteiger partial charge is 0.457 e. The molecule has 0 spiro atoms. The summed E-state index contributed by atoms with van der Waals surface area (Å²) in [6.45, 7) is 28.9. The number of fused-ring (bicyclic) bond motifs is 4. The van der Waals surface area contributed by atoms with Crippen LogP contribution in [0.1, 0.15) is 130 Å². The van der Waals surface area contributed by atoms with Crippen LogP contribution in [-0.4, -0.2) is 15.6 Å². The molecule has 0 bridgehead atoms. The van der Waals surface area contributed by atoms with Crippen LogP contribution in [0.25, 0.3) is 61.0 Å². The maximum absolute atomic E-state index is 15.6. The van der Waals surface area contributed by atoms with E-state index in [1.54, 1.807) is 0 Å². The van der Waals surface area contributed by atoms with Gasteiger partial charge in [-0.2, -0.15) is 0 Å². The third-order valence-corrected chi connectivity index (χ3v) is 15.5. The molecule has 0 N–H and O–H groups in total. The highest BCUT2D eigenvalue weighted by atomic mass is 19.1. The second kappa shape index (κ2) is 19.9. The Bertz CT molecular complexity index is 4080. The van der Waals surface area contributed by atoms with Crippen molar-refractivity contribution >= 4 is 50.6 Å². The molecule has 0 fully saturated rings. The lowest BCUT2D eigenvalue weighted by molar-refractivity contribution is 0.483. The van der Waals surface area contributed by atoms with Crippen molar-refractivity contribution in [1.82, 2.24) is 18.7 Å². The number of para-hydroxylation sites is 3. The Labute approximate surface area is 464 Å². The third-order valence-electron chi connectivity index (χ3n) is 15.5. The lowest BCUT2D eigenvalue weighted by Crippen LogP contribution is -2.13. The molecule has 3 heterocycles. The molecular formula is C72H70F2N4O+2. The van der Waals surface area contributed by atoms with E-state index >= 15 is 8.78 Å². The van der Waals surface area contributed by atoms with Crippen molar-refractivity contribution in [2.75, 3.05) is 0 Å². The number of pyridine rings is 1. The number of nitrogens with zero attached hydrogens (tertiary/aromatic N) is 4. The molecule has 1 aliphatic rings. The zero-order valence-electron chi connectivity index (χ0n) is 47.9. The van der Waals surface area contributed by atoms with Gasteiger partial charge in [0, 0.05) is 47.3 Å². The molecule has 1 aliphatic heterocycles. The SMILES string of the molecule is CC(C)c1cc(-c2cc(C(C)(C)C)cc(-c3cc(F)cc(F)c3)c2[N+]2=C=[N+](c3cc(Oc4ccc5c6ccccc6n(-c6cc(C(C)(C)C)ccn6)c5c4)cc(-c4ccccc4C(C)(C)C)c3)c3ccccc32)cc(C(C)C)c1. The minimum atomic E-state index is -0.643. The van der Waals surface area contributed by atoms with E-state index in [0.29, 0.717) is 22.6 Å². The fourth-order valence-electron chi connectivity index (χ4n) is 11.1. The molecule has 0 atom stereocenters. The molecular weight excluding hydrogens is 975 g/mol. The summed E-state index contributed by atoms with van der Waals surface area (Å²) in [4.78, 5) is 4.95. The maximum atomic E-state index is 15.6. The van der Waals surface area contributed by atoms with Crippen molar-refractivity contribution in [2.24, 2.45) is 0 Å². The van der Waals surface area contributed by atoms with E-state index in [0.717, 1.165) is 84.3 Å². The molecule has 8 aromatic carbocycles. The summed E-state index contributed by atoms with van der Waals surface area (Å²) in [5.41, 5.74) is 15.8. The Balaban J connectivity index is 1.18. The normalized spacial score (nSPS) is 12.9. The molecule has 10 aromatic rings. The van der Waals surface area contributed by atoms with Gasteiger partial charge in [0.2, 0.25) is 11.4 Å². The first-order chi connectivity index (χ1) is 37.5. The average molecular weight is 1050 g/mol. The number of aromatic nitrogens is 2. The molecule has 396 valence electrons. The van der Waals surface area contributed by atoms with E-state index < -0.39 is 11.6 Å². The van der Waals surface area contributed by atoms with Crippen molar-refractivity contribution in [3.63, 3.8) is 0 Å². The van der Waals surface area contributed by atoms with Gasteiger partial charge in [-0.25, -0.2) is 13.8 Å². The van der Waals surface area contributed by atoms with Crippen LogP contribution in [0.15, 0.2) is 176 Å². The highest BCUT2D eigenvalue weighted by Crippen LogP contribution is 2.49. The van der Waals surface area contributed by atoms with E-state index in [1.165, 1.54) is 34.4 Å². The summed E-state index contributed by atoms with van der Waals surface area (Å²) >= 11 is 0. The summed E-state index contributed by atoms with van der Waals surface area (Å²) < 4.78 is 44.9. The molecule has 0 radical (unpaired) electrons. The highest BCUT2D eigenvalue weighted by molar-refractivity contribution is 6.09. The Hall–Kier alpha value is -8.25. The lowest BCUT2D eigenvalue weighted by Gasteiger charge is -2.23. The average Bonchev–Trinajstić information content (AvgIpc) is 4.10. The van der Waals surface area contributed by atoms with Gasteiger partial charge in [0.1, 0.15) is 29.0 Å². The summed E-state index contributed by atoms with van der Waals surface area (Å²) in [5.74, 6) is 1.38. The van der Waals surface area contributed by atoms with Gasteiger partial charge in [0.15, 0.2) is 0 Å². The predicted octanol–water partition coefficient (Wildman–Crippen LogP) is 20.2. The molecule has 0 unspecified atom stereocenters. The van der Waals surface area contributed by atoms with Crippen LogP contribution in [0.4, 0.5) is 31.5 Å². The Kier molecular flexibility index (Phi) is 13.3. The van der Waals surface area contributed by atoms with Crippen LogP contribution < -0.4 is 13.9 Å². The number of benzene rings is 8. The van der Waals surface area contributed by atoms with E-state index in [4.69, 9.17) is 9.72 Å². The molecule has 0 amide bonds. The standard InChI is InChI=1S/C72H70F2N4O/c1-44(2)46-30-47(45(3)4)32-48(31-46)61-37-52(71(8,9)10)38-62(49-33-53(73)40-54(74)34-49)69(61)77-43-76(65-24-18-19-25-66(65)77)55-35-50(58-20-14-16-22-63(58)72(11,12)13)36-57(41-55)79-56-26-27-60-59-21-15-17-23-64(59)78(67(60)42-56)68-39-51(28-29-75-68)70(5,6)7/h14-42,44-45H,1-13H3/q+2. The number of hydrogen-bond donors (Lipinski definition) is 0. The second-order valence-corrected chi connectivity index (χ2v) is 25.1. The molecule has 7 heteroatoms. The largest absolute Gasteiger partial charge is 0.503 e. The van der Waals surface area contributed by atoms with Crippen LogP contribution in [0.5, 0.6) is 11.5 Å². The monoisotopic (exact) mass is 1040 g/mol. The van der Waals surface area contributed by atoms with Gasteiger partial charge in [0.05, 0.1) is 28.2 Å². The van der Waals surface area contributed by atoms with Crippen molar-refractivity contribution in [1.29, 1.82) is 0 Å². The molecule has 0 saturated carbocycles. The molecule has 11 rings (SSSR count). The van der Waals surface area contributed by atoms with Crippen molar-refractivity contribution in [3.8, 4) is 50.7 Å². The van der Waals surface area contributed by atoms with Crippen molar-refractivity contribution in [3.05, 3.63) is 216 Å². The summed E-state index contributed by atoms with van der Waals surface area (Å²) in [6, 6.07) is 61.4. The van der Waals surface area contributed by atoms with Gasteiger partial charge < -0.3 is 4.74 Å². The van der Waals surface area contributed by atoms with E-state index in [9.17, 15) is 0 Å². The molecule has 5 nitrogen and oxygen atoms in total.